The molecule has 0 spiro atoms. The third-order valence-electron chi connectivity index (χ3n) is 3.21. The highest BCUT2D eigenvalue weighted by atomic mass is 15.2. The topological polar surface area (TPSA) is 32.5 Å². The van der Waals surface area contributed by atoms with Gasteiger partial charge in [-0.15, -0.1) is 0 Å². The maximum absolute atomic E-state index is 5.77. The van der Waals surface area contributed by atoms with Gasteiger partial charge < -0.3 is 15.5 Å². The molecule has 0 amide bonds. The molecular formula is C11H25N3. The van der Waals surface area contributed by atoms with Crippen molar-refractivity contribution < 1.29 is 0 Å². The lowest BCUT2D eigenvalue weighted by atomic mass is 9.90. The van der Waals surface area contributed by atoms with E-state index in [0.717, 1.165) is 6.54 Å². The Hall–Kier alpha value is -0.120. The van der Waals surface area contributed by atoms with Gasteiger partial charge in [0, 0.05) is 6.54 Å². The maximum atomic E-state index is 5.77. The lowest BCUT2D eigenvalue weighted by molar-refractivity contribution is 0.264. The molecule has 84 valence electrons. The number of nitrogens with zero attached hydrogens (tertiary/aromatic N) is 2. The van der Waals surface area contributed by atoms with Gasteiger partial charge in [-0.05, 0) is 58.5 Å². The highest BCUT2D eigenvalue weighted by Gasteiger charge is 2.31. The molecule has 2 N–H and O–H groups in total. The second-order valence-electron chi connectivity index (χ2n) is 5.20. The summed E-state index contributed by atoms with van der Waals surface area (Å²) in [6.07, 6.45) is 2.54. The van der Waals surface area contributed by atoms with Crippen molar-refractivity contribution in [2.45, 2.75) is 19.8 Å². The van der Waals surface area contributed by atoms with Crippen LogP contribution < -0.4 is 5.73 Å². The van der Waals surface area contributed by atoms with E-state index in [4.69, 9.17) is 5.73 Å². The van der Waals surface area contributed by atoms with Gasteiger partial charge in [-0.25, -0.2) is 0 Å². The summed E-state index contributed by atoms with van der Waals surface area (Å²) in [6.45, 7) is 7.98. The summed E-state index contributed by atoms with van der Waals surface area (Å²) >= 11 is 0. The van der Waals surface area contributed by atoms with Crippen molar-refractivity contribution in [3.8, 4) is 0 Å². The quantitative estimate of drug-likeness (QED) is 0.704. The summed E-state index contributed by atoms with van der Waals surface area (Å²) < 4.78 is 0. The number of nitrogens with two attached hydrogens (primary N) is 1. The standard InChI is InChI=1S/C11H25N3/c1-11(9-12)5-8-14(10-11)7-4-6-13(2)3/h4-10,12H2,1-3H3. The third kappa shape index (κ3) is 3.56. The third-order valence-corrected chi connectivity index (χ3v) is 3.21. The Bertz CT molecular complexity index is 170. The molecule has 1 fully saturated rings. The highest BCUT2D eigenvalue weighted by Crippen LogP contribution is 2.28. The number of likely N-dealkylation sites (tertiary alicyclic amines) is 1. The van der Waals surface area contributed by atoms with E-state index in [2.05, 4.69) is 30.8 Å². The minimum absolute atomic E-state index is 0.387. The van der Waals surface area contributed by atoms with E-state index in [-0.39, 0.29) is 0 Å². The Morgan fingerprint density at radius 1 is 1.43 bits per heavy atom. The fourth-order valence-electron chi connectivity index (χ4n) is 2.09. The normalized spacial score (nSPS) is 28.9. The van der Waals surface area contributed by atoms with Crippen molar-refractivity contribution in [3.05, 3.63) is 0 Å². The van der Waals surface area contributed by atoms with E-state index in [0.29, 0.717) is 5.41 Å². The van der Waals surface area contributed by atoms with Crippen LogP contribution in [0.25, 0.3) is 0 Å². The molecule has 1 rings (SSSR count). The van der Waals surface area contributed by atoms with Crippen LogP contribution in [-0.4, -0.2) is 56.6 Å². The molecule has 3 nitrogen and oxygen atoms in total. The van der Waals surface area contributed by atoms with Crippen molar-refractivity contribution in [2.75, 3.05) is 46.8 Å². The summed E-state index contributed by atoms with van der Waals surface area (Å²) in [5, 5.41) is 0. The molecule has 3 heteroatoms. The van der Waals surface area contributed by atoms with Gasteiger partial charge in [0.15, 0.2) is 0 Å². The summed E-state index contributed by atoms with van der Waals surface area (Å²) in [5.41, 5.74) is 6.16. The molecule has 0 aromatic rings. The first kappa shape index (κ1) is 12.0. The molecule has 0 radical (unpaired) electrons. The van der Waals surface area contributed by atoms with Crippen LogP contribution in [0.5, 0.6) is 0 Å². The Balaban J connectivity index is 2.16. The molecule has 1 saturated heterocycles. The summed E-state index contributed by atoms with van der Waals surface area (Å²) in [7, 11) is 4.27. The molecule has 1 aliphatic rings. The predicted octanol–water partition coefficient (Wildman–Crippen LogP) is 0.609. The number of hydrogen-bond donors (Lipinski definition) is 1. The van der Waals surface area contributed by atoms with Gasteiger partial charge in [0.1, 0.15) is 0 Å². The van der Waals surface area contributed by atoms with Gasteiger partial charge in [-0.3, -0.25) is 0 Å². The van der Waals surface area contributed by atoms with Crippen LogP contribution in [0.15, 0.2) is 0 Å². The molecule has 0 bridgehead atoms. The first-order chi connectivity index (χ1) is 6.56. The molecule has 0 aromatic carbocycles. The lowest BCUT2D eigenvalue weighted by Crippen LogP contribution is -2.32. The van der Waals surface area contributed by atoms with Crippen LogP contribution in [0.3, 0.4) is 0 Å². The van der Waals surface area contributed by atoms with Crippen molar-refractivity contribution in [3.63, 3.8) is 0 Å². The fraction of sp³-hybridized carbons (Fsp3) is 1.00. The van der Waals surface area contributed by atoms with Crippen molar-refractivity contribution in [1.29, 1.82) is 0 Å². The molecule has 1 atom stereocenters. The maximum Gasteiger partial charge on any atom is 0.00479 e. The van der Waals surface area contributed by atoms with Gasteiger partial charge in [0.25, 0.3) is 0 Å². The lowest BCUT2D eigenvalue weighted by Gasteiger charge is -2.22. The monoisotopic (exact) mass is 199 g/mol. The minimum Gasteiger partial charge on any atom is -0.330 e. The van der Waals surface area contributed by atoms with E-state index >= 15 is 0 Å². The van der Waals surface area contributed by atoms with Crippen molar-refractivity contribution in [2.24, 2.45) is 11.1 Å². The fourth-order valence-corrected chi connectivity index (χ4v) is 2.09. The van der Waals surface area contributed by atoms with Crippen LogP contribution >= 0.6 is 0 Å². The molecule has 0 saturated carbocycles. The predicted molar refractivity (Wildman–Crippen MR) is 61.4 cm³/mol. The Labute approximate surface area is 88.2 Å². The van der Waals surface area contributed by atoms with E-state index in [9.17, 15) is 0 Å². The summed E-state index contributed by atoms with van der Waals surface area (Å²) in [6, 6.07) is 0. The van der Waals surface area contributed by atoms with Crippen LogP contribution in [0, 0.1) is 5.41 Å². The first-order valence-corrected chi connectivity index (χ1v) is 5.63. The second-order valence-corrected chi connectivity index (χ2v) is 5.20. The molecule has 1 unspecified atom stereocenters. The molecule has 1 heterocycles. The largest absolute Gasteiger partial charge is 0.330 e. The summed E-state index contributed by atoms with van der Waals surface area (Å²) in [5.74, 6) is 0. The van der Waals surface area contributed by atoms with E-state index in [1.54, 1.807) is 0 Å². The Kier molecular flexibility index (Phi) is 4.35. The van der Waals surface area contributed by atoms with Crippen LogP contribution in [0.1, 0.15) is 19.8 Å². The Morgan fingerprint density at radius 3 is 2.64 bits per heavy atom. The smallest absolute Gasteiger partial charge is 0.00479 e. The zero-order valence-electron chi connectivity index (χ0n) is 9.92. The van der Waals surface area contributed by atoms with Gasteiger partial charge in [-0.2, -0.15) is 0 Å². The van der Waals surface area contributed by atoms with Crippen molar-refractivity contribution >= 4 is 0 Å². The molecule has 1 aliphatic heterocycles. The van der Waals surface area contributed by atoms with E-state index in [1.807, 2.05) is 0 Å². The van der Waals surface area contributed by atoms with Gasteiger partial charge in [-0.1, -0.05) is 6.92 Å². The first-order valence-electron chi connectivity index (χ1n) is 5.63. The number of rotatable bonds is 5. The average Bonchev–Trinajstić information content (AvgIpc) is 2.48. The summed E-state index contributed by atoms with van der Waals surface area (Å²) in [4.78, 5) is 4.80. The van der Waals surface area contributed by atoms with Crippen molar-refractivity contribution in [1.82, 2.24) is 9.80 Å². The molecule has 0 aliphatic carbocycles. The Morgan fingerprint density at radius 2 is 2.14 bits per heavy atom. The SMILES string of the molecule is CN(C)CCCN1CCC(C)(CN)C1. The van der Waals surface area contributed by atoms with Crippen LogP contribution in [0.2, 0.25) is 0 Å². The van der Waals surface area contributed by atoms with E-state index in [1.165, 1.54) is 39.0 Å². The zero-order valence-corrected chi connectivity index (χ0v) is 9.92. The van der Waals surface area contributed by atoms with Gasteiger partial charge in [0.2, 0.25) is 0 Å². The van der Waals surface area contributed by atoms with Crippen LogP contribution in [-0.2, 0) is 0 Å². The molecule has 14 heavy (non-hydrogen) atoms. The molecule has 0 aromatic heterocycles. The minimum atomic E-state index is 0.387. The van der Waals surface area contributed by atoms with Gasteiger partial charge >= 0.3 is 0 Å². The van der Waals surface area contributed by atoms with Gasteiger partial charge in [0.05, 0.1) is 0 Å². The van der Waals surface area contributed by atoms with Crippen LogP contribution in [0.4, 0.5) is 0 Å². The van der Waals surface area contributed by atoms with E-state index < -0.39 is 0 Å². The second kappa shape index (κ2) is 5.10. The average molecular weight is 199 g/mol. The number of hydrogen-bond acceptors (Lipinski definition) is 3. The zero-order chi connectivity index (χ0) is 10.6. The molecular weight excluding hydrogens is 174 g/mol. The highest BCUT2D eigenvalue weighted by molar-refractivity contribution is 4.86.